The summed E-state index contributed by atoms with van der Waals surface area (Å²) >= 11 is 0. The van der Waals surface area contributed by atoms with Gasteiger partial charge in [0.25, 0.3) is 11.7 Å². The van der Waals surface area contributed by atoms with Crippen LogP contribution in [0.4, 0.5) is 0 Å². The number of cyclic esters (lactones) is 1. The molecule has 2 bridgehead atoms. The van der Waals surface area contributed by atoms with Crippen LogP contribution < -0.4 is 0 Å². The van der Waals surface area contributed by atoms with Crippen molar-refractivity contribution in [1.82, 2.24) is 4.90 Å². The number of aliphatic hydroxyl groups is 4. The molecule has 4 N–H and O–H groups in total. The van der Waals surface area contributed by atoms with E-state index in [0.29, 0.717) is 68.9 Å². The van der Waals surface area contributed by atoms with E-state index in [4.69, 9.17) is 18.9 Å². The average molecular weight is 900 g/mol. The summed E-state index contributed by atoms with van der Waals surface area (Å²) in [6.07, 6.45) is 9.53. The van der Waals surface area contributed by atoms with E-state index in [1.165, 1.54) is 7.11 Å². The first-order valence-corrected chi connectivity index (χ1v) is 23.5. The normalized spacial score (nSPS) is 38.2. The summed E-state index contributed by atoms with van der Waals surface area (Å²) in [5.41, 5.74) is 1.000. The third kappa shape index (κ3) is 13.8. The number of piperidine rings is 1. The lowest BCUT2D eigenvalue weighted by molar-refractivity contribution is -0.265. The molecule has 1 saturated carbocycles. The SMILES string of the molecule is CO[C@@H]1C[C@H](C[C@@H](C)[C@@H]2CC(=O)[C@H](C)C=C(C)[C@@H](O)[C@@H](OC)C(=O)[C@H](C)C[C@H](C)C=CC=CC=C(C)[C@@H](O)C[C@@H]3CC[C@@H](C)[C@@](O)(O3)C(=O)C(=O)N3CCCC[C@H]3C(=O)O2)CC[C@H]1O. The quantitative estimate of drug-likeness (QED) is 0.153. The number of allylic oxidation sites excluding steroid dienone is 6. The highest BCUT2D eigenvalue weighted by atomic mass is 16.6. The van der Waals surface area contributed by atoms with Gasteiger partial charge in [-0.05, 0) is 107 Å². The average Bonchev–Trinajstić information content (AvgIpc) is 3.26. The van der Waals surface area contributed by atoms with Crippen LogP contribution in [0.5, 0.6) is 0 Å². The van der Waals surface area contributed by atoms with E-state index in [-0.39, 0.29) is 61.2 Å². The molecule has 14 nitrogen and oxygen atoms in total. The van der Waals surface area contributed by atoms with Crippen molar-refractivity contribution in [3.05, 3.63) is 47.6 Å². The molecule has 3 aliphatic heterocycles. The van der Waals surface area contributed by atoms with E-state index in [1.807, 2.05) is 32.1 Å². The Morgan fingerprint density at radius 1 is 0.859 bits per heavy atom. The molecule has 0 radical (unpaired) electrons. The first-order valence-electron chi connectivity index (χ1n) is 23.5. The van der Waals surface area contributed by atoms with Crippen LogP contribution in [-0.4, -0.2) is 130 Å². The molecule has 0 aromatic carbocycles. The van der Waals surface area contributed by atoms with Crippen LogP contribution in [0.1, 0.15) is 126 Å². The number of amides is 1. The maximum absolute atomic E-state index is 14.3. The maximum atomic E-state index is 14.3. The zero-order chi connectivity index (χ0) is 47.5. The molecule has 4 rings (SSSR count). The van der Waals surface area contributed by atoms with Gasteiger partial charge in [-0.3, -0.25) is 19.2 Å². The van der Waals surface area contributed by atoms with E-state index in [9.17, 15) is 44.4 Å². The maximum Gasteiger partial charge on any atom is 0.329 e. The Labute approximate surface area is 380 Å². The molecule has 3 fully saturated rings. The molecule has 0 aromatic rings. The van der Waals surface area contributed by atoms with Gasteiger partial charge in [0.15, 0.2) is 5.78 Å². The fourth-order valence-corrected chi connectivity index (χ4v) is 9.85. The molecule has 14 heteroatoms. The van der Waals surface area contributed by atoms with Crippen molar-refractivity contribution in [2.75, 3.05) is 20.8 Å². The summed E-state index contributed by atoms with van der Waals surface area (Å²) in [4.78, 5) is 71.4. The van der Waals surface area contributed by atoms with Crippen molar-refractivity contribution >= 4 is 29.2 Å². The highest BCUT2D eigenvalue weighted by Gasteiger charge is 2.53. The summed E-state index contributed by atoms with van der Waals surface area (Å²) in [7, 11) is 2.93. The van der Waals surface area contributed by atoms with Gasteiger partial charge in [-0.15, -0.1) is 0 Å². The molecule has 4 aliphatic rings. The van der Waals surface area contributed by atoms with Gasteiger partial charge < -0.3 is 44.3 Å². The fourth-order valence-electron chi connectivity index (χ4n) is 9.85. The third-order valence-electron chi connectivity index (χ3n) is 14.2. The van der Waals surface area contributed by atoms with Crippen LogP contribution in [0.3, 0.4) is 0 Å². The lowest BCUT2D eigenvalue weighted by atomic mass is 9.78. The van der Waals surface area contributed by atoms with Crippen molar-refractivity contribution in [1.29, 1.82) is 0 Å². The third-order valence-corrected chi connectivity index (χ3v) is 14.2. The largest absolute Gasteiger partial charge is 0.460 e. The van der Waals surface area contributed by atoms with Crippen LogP contribution in [0.2, 0.25) is 0 Å². The summed E-state index contributed by atoms with van der Waals surface area (Å²) < 4.78 is 23.3. The summed E-state index contributed by atoms with van der Waals surface area (Å²) in [5.74, 6) is -8.24. The standard InChI is InChI=1S/C50H77NO13/c1-29-15-11-10-12-16-30(2)40(53)27-37-20-18-35(7)50(60,64-37)47(57)48(58)51-22-14-13-17-38(51)49(59)63-42(32(4)25-36-19-21-39(52)43(26-36)61-8)28-41(54)31(3)24-34(6)45(56)46(62-9)44(55)33(5)23-29/h10-12,15-16,24,29,31-33,35-40,42-43,45-46,52-53,56,60H,13-14,17-23,25-28H2,1-9H3/t29-,31-,32-,33-,35-,36+,37+,38+,39-,40+,42+,43-,45-,46+,50-/m1/s1. The second-order valence-electron chi connectivity index (χ2n) is 19.4. The van der Waals surface area contributed by atoms with E-state index >= 15 is 0 Å². The number of esters is 1. The molecular weight excluding hydrogens is 823 g/mol. The van der Waals surface area contributed by atoms with Crippen molar-refractivity contribution in [2.24, 2.45) is 35.5 Å². The Kier molecular flexibility index (Phi) is 20.3. The van der Waals surface area contributed by atoms with Gasteiger partial charge >= 0.3 is 5.97 Å². The van der Waals surface area contributed by atoms with Crippen LogP contribution >= 0.6 is 0 Å². The van der Waals surface area contributed by atoms with Crippen LogP contribution in [0.25, 0.3) is 0 Å². The Balaban J connectivity index is 1.69. The minimum absolute atomic E-state index is 0.00489. The van der Waals surface area contributed by atoms with Gasteiger partial charge in [-0.2, -0.15) is 0 Å². The molecule has 1 aliphatic carbocycles. The lowest BCUT2D eigenvalue weighted by Crippen LogP contribution is -2.61. The zero-order valence-corrected chi connectivity index (χ0v) is 39.6. The molecule has 3 heterocycles. The summed E-state index contributed by atoms with van der Waals surface area (Å²) in [6, 6.07) is -1.16. The monoisotopic (exact) mass is 900 g/mol. The first kappa shape index (κ1) is 53.2. The van der Waals surface area contributed by atoms with E-state index < -0.39 is 83.9 Å². The van der Waals surface area contributed by atoms with Gasteiger partial charge in [0.1, 0.15) is 30.1 Å². The number of carbonyl (C=O) groups excluding carboxylic acids is 5. The van der Waals surface area contributed by atoms with Crippen molar-refractivity contribution in [2.45, 2.75) is 180 Å². The number of Topliss-reactive ketones (excluding diaryl/α,β-unsaturated/α-hetero) is 3. The minimum Gasteiger partial charge on any atom is -0.460 e. The molecule has 0 unspecified atom stereocenters. The molecule has 360 valence electrons. The molecule has 64 heavy (non-hydrogen) atoms. The number of methoxy groups -OCH3 is 2. The highest BCUT2D eigenvalue weighted by molar-refractivity contribution is 6.39. The summed E-state index contributed by atoms with van der Waals surface area (Å²) in [6.45, 7) is 12.5. The fraction of sp³-hybridized carbons (Fsp3) is 0.740. The molecule has 2 saturated heterocycles. The number of nitrogens with zero attached hydrogens (tertiary/aromatic N) is 1. The van der Waals surface area contributed by atoms with Gasteiger partial charge in [-0.25, -0.2) is 4.79 Å². The number of hydrogen-bond donors (Lipinski definition) is 4. The number of hydrogen-bond acceptors (Lipinski definition) is 13. The Morgan fingerprint density at radius 2 is 1.58 bits per heavy atom. The minimum atomic E-state index is -2.48. The first-order chi connectivity index (χ1) is 30.2. The number of ketones is 3. The van der Waals surface area contributed by atoms with Crippen molar-refractivity contribution in [3.8, 4) is 0 Å². The highest BCUT2D eigenvalue weighted by Crippen LogP contribution is 2.37. The Morgan fingerprint density at radius 3 is 2.27 bits per heavy atom. The van der Waals surface area contributed by atoms with E-state index in [2.05, 4.69) is 0 Å². The predicted molar refractivity (Wildman–Crippen MR) is 240 cm³/mol. The number of fused-ring (bicyclic) bond motifs is 3. The number of ether oxygens (including phenoxy) is 4. The van der Waals surface area contributed by atoms with E-state index in [1.54, 1.807) is 60.0 Å². The lowest BCUT2D eigenvalue weighted by Gasteiger charge is -2.42. The zero-order valence-electron chi connectivity index (χ0n) is 39.6. The Bertz CT molecular complexity index is 1740. The summed E-state index contributed by atoms with van der Waals surface area (Å²) in [5, 5.41) is 44.8. The predicted octanol–water partition coefficient (Wildman–Crippen LogP) is 5.53. The molecular formula is C50H77NO13. The second-order valence-corrected chi connectivity index (χ2v) is 19.4. The van der Waals surface area contributed by atoms with Gasteiger partial charge in [0, 0.05) is 51.4 Å². The van der Waals surface area contributed by atoms with Crippen LogP contribution in [-0.2, 0) is 42.9 Å². The Hall–Kier alpha value is -3.37. The topological polar surface area (TPSA) is 206 Å². The van der Waals surface area contributed by atoms with Crippen LogP contribution in [0, 0.1) is 35.5 Å². The smallest absolute Gasteiger partial charge is 0.329 e. The second kappa shape index (κ2) is 24.4. The number of carbonyl (C=O) groups is 5. The number of aliphatic hydroxyl groups excluding tert-OH is 3. The molecule has 15 atom stereocenters. The van der Waals surface area contributed by atoms with Gasteiger partial charge in [-0.1, -0.05) is 71.1 Å². The van der Waals surface area contributed by atoms with Crippen molar-refractivity contribution < 1.29 is 63.3 Å². The molecule has 0 aromatic heterocycles. The van der Waals surface area contributed by atoms with Gasteiger partial charge in [0.05, 0.1) is 24.4 Å². The van der Waals surface area contributed by atoms with Crippen molar-refractivity contribution in [3.63, 3.8) is 0 Å². The van der Waals surface area contributed by atoms with Crippen LogP contribution in [0.15, 0.2) is 47.6 Å². The van der Waals surface area contributed by atoms with Gasteiger partial charge in [0.2, 0.25) is 5.79 Å². The molecule has 1 amide bonds. The number of rotatable bonds is 5. The molecule has 0 spiro atoms. The van der Waals surface area contributed by atoms with E-state index in [0.717, 1.165) is 4.90 Å².